The molecule has 2 rings (SSSR count). The quantitative estimate of drug-likeness (QED) is 0.429. The van der Waals surface area contributed by atoms with Crippen LogP contribution >= 0.6 is 24.0 Å². The maximum Gasteiger partial charge on any atom is 0.191 e. The number of nitrogens with zero attached hydrogens (tertiary/aromatic N) is 2. The first kappa shape index (κ1) is 20.2. The number of halogens is 1. The molecule has 2 N–H and O–H groups in total. The predicted octanol–water partition coefficient (Wildman–Crippen LogP) is 3.15. The third kappa shape index (κ3) is 6.67. The number of rotatable bonds is 5. The molecule has 130 valence electrons. The normalized spacial score (nSPS) is 19.1. The van der Waals surface area contributed by atoms with Crippen LogP contribution in [0.25, 0.3) is 0 Å². The highest BCUT2D eigenvalue weighted by molar-refractivity contribution is 14.0. The molecule has 1 aromatic carbocycles. The van der Waals surface area contributed by atoms with Gasteiger partial charge in [-0.25, -0.2) is 0 Å². The van der Waals surface area contributed by atoms with Crippen molar-refractivity contribution in [2.75, 3.05) is 26.7 Å². The van der Waals surface area contributed by atoms with E-state index in [0.717, 1.165) is 25.6 Å². The number of piperidine rings is 1. The first-order valence-corrected chi connectivity index (χ1v) is 8.47. The highest BCUT2D eigenvalue weighted by Gasteiger charge is 2.20. The van der Waals surface area contributed by atoms with E-state index in [9.17, 15) is 0 Å². The Morgan fingerprint density at radius 1 is 1.30 bits per heavy atom. The van der Waals surface area contributed by atoms with E-state index in [-0.39, 0.29) is 24.0 Å². The number of hydrogen-bond acceptors (Lipinski definition) is 2. The van der Waals surface area contributed by atoms with Crippen LogP contribution in [0.5, 0.6) is 0 Å². The number of benzene rings is 1. The number of aryl methyl sites for hydroxylation is 1. The van der Waals surface area contributed by atoms with Crippen LogP contribution in [0.15, 0.2) is 29.3 Å². The summed E-state index contributed by atoms with van der Waals surface area (Å²) in [6.07, 6.45) is 3.97. The lowest BCUT2D eigenvalue weighted by molar-refractivity contribution is 0.157. The zero-order chi connectivity index (χ0) is 15.8. The summed E-state index contributed by atoms with van der Waals surface area (Å²) >= 11 is 0. The van der Waals surface area contributed by atoms with Gasteiger partial charge in [-0.3, -0.25) is 9.89 Å². The molecule has 0 radical (unpaired) electrons. The molecule has 1 heterocycles. The Balaban J connectivity index is 0.00000264. The molecule has 23 heavy (non-hydrogen) atoms. The van der Waals surface area contributed by atoms with Gasteiger partial charge in [-0.15, -0.1) is 24.0 Å². The Morgan fingerprint density at radius 2 is 2.13 bits per heavy atom. The fourth-order valence-electron chi connectivity index (χ4n) is 3.15. The molecule has 0 aliphatic carbocycles. The van der Waals surface area contributed by atoms with Gasteiger partial charge in [-0.1, -0.05) is 43.2 Å². The monoisotopic (exact) mass is 430 g/mol. The lowest BCUT2D eigenvalue weighted by Gasteiger charge is -2.35. The molecule has 4 nitrogen and oxygen atoms in total. The molecule has 5 heteroatoms. The minimum atomic E-state index is 0. The molecule has 1 fully saturated rings. The second-order valence-corrected chi connectivity index (χ2v) is 6.07. The fraction of sp³-hybridized carbons (Fsp3) is 0.611. The molecule has 0 spiro atoms. The van der Waals surface area contributed by atoms with Crippen molar-refractivity contribution in [2.45, 2.75) is 45.7 Å². The summed E-state index contributed by atoms with van der Waals surface area (Å²) in [6.45, 7) is 8.53. The standard InChI is InChI=1S/C18H30N4.HI/c1-4-22-11-6-5-10-17(22)14-21-18(19-3)20-13-16-9-7-8-15(2)12-16;/h7-9,12,17H,4-6,10-11,13-14H2,1-3H3,(H2,19,20,21);1H. The second-order valence-electron chi connectivity index (χ2n) is 6.07. The van der Waals surface area contributed by atoms with Gasteiger partial charge < -0.3 is 10.6 Å². The molecule has 0 amide bonds. The Bertz CT molecular complexity index is 490. The van der Waals surface area contributed by atoms with Crippen LogP contribution in [0.4, 0.5) is 0 Å². The third-order valence-electron chi connectivity index (χ3n) is 4.43. The molecule has 0 aromatic heterocycles. The first-order chi connectivity index (χ1) is 10.7. The van der Waals surface area contributed by atoms with E-state index < -0.39 is 0 Å². The van der Waals surface area contributed by atoms with Crippen LogP contribution in [0.1, 0.15) is 37.3 Å². The summed E-state index contributed by atoms with van der Waals surface area (Å²) in [5.41, 5.74) is 2.58. The van der Waals surface area contributed by atoms with Crippen LogP contribution in [0.3, 0.4) is 0 Å². The number of hydrogen-bond donors (Lipinski definition) is 2. The number of aliphatic imine (C=N–C) groups is 1. The van der Waals surface area contributed by atoms with E-state index in [1.807, 2.05) is 7.05 Å². The average Bonchev–Trinajstić information content (AvgIpc) is 2.55. The smallest absolute Gasteiger partial charge is 0.191 e. The molecule has 1 atom stereocenters. The van der Waals surface area contributed by atoms with Gasteiger partial charge in [0.25, 0.3) is 0 Å². The van der Waals surface area contributed by atoms with Crippen LogP contribution < -0.4 is 10.6 Å². The van der Waals surface area contributed by atoms with Gasteiger partial charge in [0, 0.05) is 26.2 Å². The van der Waals surface area contributed by atoms with Gasteiger partial charge >= 0.3 is 0 Å². The third-order valence-corrected chi connectivity index (χ3v) is 4.43. The summed E-state index contributed by atoms with van der Waals surface area (Å²) in [5.74, 6) is 0.892. The van der Waals surface area contributed by atoms with E-state index in [0.29, 0.717) is 6.04 Å². The summed E-state index contributed by atoms with van der Waals surface area (Å²) < 4.78 is 0. The van der Waals surface area contributed by atoms with Gasteiger partial charge in [-0.05, 0) is 38.4 Å². The number of nitrogens with one attached hydrogen (secondary N) is 2. The van der Waals surface area contributed by atoms with Crippen molar-refractivity contribution in [2.24, 2.45) is 4.99 Å². The highest BCUT2D eigenvalue weighted by atomic mass is 127. The van der Waals surface area contributed by atoms with Crippen LogP contribution in [0.2, 0.25) is 0 Å². The van der Waals surface area contributed by atoms with E-state index >= 15 is 0 Å². The van der Waals surface area contributed by atoms with E-state index in [1.54, 1.807) is 0 Å². The minimum absolute atomic E-state index is 0. The zero-order valence-electron chi connectivity index (χ0n) is 14.6. The Hall–Kier alpha value is -0.820. The molecular weight excluding hydrogens is 399 g/mol. The number of likely N-dealkylation sites (N-methyl/N-ethyl adjacent to an activating group) is 1. The van der Waals surface area contributed by atoms with E-state index in [1.165, 1.54) is 36.9 Å². The fourth-order valence-corrected chi connectivity index (χ4v) is 3.15. The predicted molar refractivity (Wildman–Crippen MR) is 110 cm³/mol. The molecular formula is C18H31IN4. The number of guanidine groups is 1. The summed E-state index contributed by atoms with van der Waals surface area (Å²) in [6, 6.07) is 9.21. The molecule has 1 saturated heterocycles. The molecule has 1 aromatic rings. The second kappa shape index (κ2) is 10.9. The van der Waals surface area contributed by atoms with Crippen LogP contribution in [-0.4, -0.2) is 43.6 Å². The SMILES string of the molecule is CCN1CCCCC1CNC(=NC)NCc1cccc(C)c1.I. The first-order valence-electron chi connectivity index (χ1n) is 8.47. The molecule has 0 bridgehead atoms. The zero-order valence-corrected chi connectivity index (χ0v) is 17.0. The summed E-state index contributed by atoms with van der Waals surface area (Å²) in [4.78, 5) is 6.91. The Kier molecular flexibility index (Phi) is 9.55. The molecule has 1 unspecified atom stereocenters. The Morgan fingerprint density at radius 3 is 2.83 bits per heavy atom. The molecule has 1 aliphatic heterocycles. The number of likely N-dealkylation sites (tertiary alicyclic amines) is 1. The van der Waals surface area contributed by atoms with Crippen LogP contribution in [0, 0.1) is 6.92 Å². The largest absolute Gasteiger partial charge is 0.355 e. The van der Waals surface area contributed by atoms with Gasteiger partial charge in [-0.2, -0.15) is 0 Å². The average molecular weight is 430 g/mol. The van der Waals surface area contributed by atoms with Crippen molar-refractivity contribution in [1.29, 1.82) is 0 Å². The lowest BCUT2D eigenvalue weighted by atomic mass is 10.0. The van der Waals surface area contributed by atoms with E-state index in [4.69, 9.17) is 0 Å². The van der Waals surface area contributed by atoms with E-state index in [2.05, 4.69) is 58.6 Å². The van der Waals surface area contributed by atoms with Gasteiger partial charge in [0.1, 0.15) is 0 Å². The van der Waals surface area contributed by atoms with Crippen molar-refractivity contribution in [3.8, 4) is 0 Å². The van der Waals surface area contributed by atoms with Crippen molar-refractivity contribution >= 4 is 29.9 Å². The van der Waals surface area contributed by atoms with Gasteiger partial charge in [0.2, 0.25) is 0 Å². The maximum atomic E-state index is 4.34. The van der Waals surface area contributed by atoms with Crippen molar-refractivity contribution in [3.05, 3.63) is 35.4 Å². The highest BCUT2D eigenvalue weighted by Crippen LogP contribution is 2.15. The molecule has 0 saturated carbocycles. The van der Waals surface area contributed by atoms with Crippen molar-refractivity contribution < 1.29 is 0 Å². The van der Waals surface area contributed by atoms with Gasteiger partial charge in [0.15, 0.2) is 5.96 Å². The topological polar surface area (TPSA) is 39.7 Å². The van der Waals surface area contributed by atoms with Crippen LogP contribution in [-0.2, 0) is 6.54 Å². The van der Waals surface area contributed by atoms with Crippen molar-refractivity contribution in [3.63, 3.8) is 0 Å². The van der Waals surface area contributed by atoms with Crippen molar-refractivity contribution in [1.82, 2.24) is 15.5 Å². The maximum absolute atomic E-state index is 4.34. The lowest BCUT2D eigenvalue weighted by Crippen LogP contribution is -2.48. The Labute approximate surface area is 158 Å². The van der Waals surface area contributed by atoms with Gasteiger partial charge in [0.05, 0.1) is 0 Å². The molecule has 1 aliphatic rings. The summed E-state index contributed by atoms with van der Waals surface area (Å²) in [5, 5.41) is 6.89. The minimum Gasteiger partial charge on any atom is -0.355 e. The summed E-state index contributed by atoms with van der Waals surface area (Å²) in [7, 11) is 1.84.